The van der Waals surface area contributed by atoms with Crippen LogP contribution in [0.3, 0.4) is 0 Å². The quantitative estimate of drug-likeness (QED) is 0.0169. The number of allylic oxidation sites excluding steroid dienone is 4. The first-order valence-corrected chi connectivity index (χ1v) is 40.2. The van der Waals surface area contributed by atoms with E-state index in [0.29, 0.717) is 31.6 Å². The maximum Gasteiger partial charge on any atom is 0.472 e. The fraction of sp³-hybridized carbons (Fsp3) is 0.890. The van der Waals surface area contributed by atoms with E-state index in [9.17, 15) is 43.2 Å². The van der Waals surface area contributed by atoms with Crippen LogP contribution in [-0.2, 0) is 65.4 Å². The van der Waals surface area contributed by atoms with Crippen LogP contribution in [0.5, 0.6) is 0 Å². The van der Waals surface area contributed by atoms with Crippen LogP contribution in [0, 0.1) is 17.8 Å². The second kappa shape index (κ2) is 63.3. The van der Waals surface area contributed by atoms with Gasteiger partial charge in [0.05, 0.1) is 26.4 Å². The molecule has 4 unspecified atom stereocenters. The Hall–Kier alpha value is -2.46. The maximum atomic E-state index is 13.1. The number of esters is 4. The third kappa shape index (κ3) is 64.9. The molecule has 3 N–H and O–H groups in total. The first-order valence-electron chi connectivity index (χ1n) is 37.2. The molecule has 0 heterocycles. The minimum absolute atomic E-state index is 0.0996. The molecule has 0 rings (SSSR count). The van der Waals surface area contributed by atoms with Gasteiger partial charge in [0.25, 0.3) is 0 Å². The molecule has 0 aromatic carbocycles. The van der Waals surface area contributed by atoms with E-state index >= 15 is 0 Å². The fourth-order valence-electron chi connectivity index (χ4n) is 10.5. The second-order valence-corrected chi connectivity index (χ2v) is 29.7. The zero-order chi connectivity index (χ0) is 68.0. The third-order valence-corrected chi connectivity index (χ3v) is 18.5. The molecule has 0 aliphatic heterocycles. The number of phosphoric acid groups is 2. The number of hydrogen-bond donors (Lipinski definition) is 3. The van der Waals surface area contributed by atoms with Crippen LogP contribution in [0.1, 0.15) is 344 Å². The van der Waals surface area contributed by atoms with E-state index in [2.05, 4.69) is 72.8 Å². The summed E-state index contributed by atoms with van der Waals surface area (Å²) in [7, 11) is -9.92. The molecule has 0 fully saturated rings. The molecule has 17 nitrogen and oxygen atoms in total. The highest BCUT2D eigenvalue weighted by Crippen LogP contribution is 2.45. The third-order valence-electron chi connectivity index (χ3n) is 16.6. The highest BCUT2D eigenvalue weighted by molar-refractivity contribution is 7.47. The Bertz CT molecular complexity index is 1900. The molecule has 92 heavy (non-hydrogen) atoms. The Morgan fingerprint density at radius 2 is 0.641 bits per heavy atom. The number of unbranched alkanes of at least 4 members (excludes halogenated alkanes) is 33. The van der Waals surface area contributed by atoms with Gasteiger partial charge in [-0.15, -0.1) is 0 Å². The van der Waals surface area contributed by atoms with E-state index in [1.807, 2.05) is 0 Å². The van der Waals surface area contributed by atoms with E-state index in [1.54, 1.807) is 0 Å². The Labute approximate surface area is 561 Å². The van der Waals surface area contributed by atoms with Crippen molar-refractivity contribution in [3.8, 4) is 0 Å². The number of aliphatic hydroxyl groups excluding tert-OH is 1. The molecule has 6 atom stereocenters. The normalized spacial score (nSPS) is 14.6. The van der Waals surface area contributed by atoms with Gasteiger partial charge < -0.3 is 33.8 Å². The molecule has 0 aromatic heterocycles. The standard InChI is InChI=1S/C73H138O17P2/c1-8-10-11-12-13-14-15-16-17-21-24-27-32-40-47-54-70(75)83-60-68(89-72(77)56-49-42-33-28-25-22-19-18-20-23-26-30-37-44-51-64(3)4)62-87-91(79,80)85-58-67(74)59-86-92(81,82)88-63-69(90-73(78)57-50-43-36-35-39-46-53-66(7)9-2)61-84-71(76)55-48-41-34-29-31-38-45-52-65(5)6/h14-17,64-69,74H,8-13,18-63H2,1-7H3,(H,79,80)(H,81,82)/b15-14-,17-16-/t66?,67?,68-,69-/m1/s1. The van der Waals surface area contributed by atoms with Crippen LogP contribution in [0.4, 0.5) is 0 Å². The lowest BCUT2D eigenvalue weighted by atomic mass is 10.00. The van der Waals surface area contributed by atoms with E-state index in [-0.39, 0.29) is 25.7 Å². The predicted octanol–water partition coefficient (Wildman–Crippen LogP) is 20.6. The minimum atomic E-state index is -4.96. The molecule has 0 bridgehead atoms. The average molecular weight is 1350 g/mol. The van der Waals surface area contributed by atoms with Crippen LogP contribution in [0.25, 0.3) is 0 Å². The highest BCUT2D eigenvalue weighted by Gasteiger charge is 2.30. The molecule has 0 aliphatic rings. The Morgan fingerprint density at radius 1 is 0.359 bits per heavy atom. The van der Waals surface area contributed by atoms with Crippen LogP contribution in [0.15, 0.2) is 24.3 Å². The van der Waals surface area contributed by atoms with Gasteiger partial charge in [-0.3, -0.25) is 37.3 Å². The Morgan fingerprint density at radius 3 is 0.967 bits per heavy atom. The second-order valence-electron chi connectivity index (χ2n) is 26.8. The molecule has 19 heteroatoms. The monoisotopic (exact) mass is 1350 g/mol. The summed E-state index contributed by atoms with van der Waals surface area (Å²) >= 11 is 0. The van der Waals surface area contributed by atoms with Crippen molar-refractivity contribution in [1.29, 1.82) is 0 Å². The number of ether oxygens (including phenoxy) is 4. The average Bonchev–Trinajstić information content (AvgIpc) is 1.59. The van der Waals surface area contributed by atoms with Gasteiger partial charge >= 0.3 is 39.5 Å². The zero-order valence-corrected chi connectivity index (χ0v) is 61.3. The van der Waals surface area contributed by atoms with Crippen molar-refractivity contribution in [1.82, 2.24) is 0 Å². The molecular weight excluding hydrogens is 1210 g/mol. The number of carbonyl (C=O) groups is 4. The molecule has 0 spiro atoms. The number of hydrogen-bond acceptors (Lipinski definition) is 15. The predicted molar refractivity (Wildman–Crippen MR) is 372 cm³/mol. The van der Waals surface area contributed by atoms with E-state index in [1.165, 1.54) is 128 Å². The molecular formula is C73H138O17P2. The van der Waals surface area contributed by atoms with Gasteiger partial charge in [0, 0.05) is 25.7 Å². The molecule has 0 saturated carbocycles. The lowest BCUT2D eigenvalue weighted by Crippen LogP contribution is -2.30. The molecule has 0 amide bonds. The van der Waals surface area contributed by atoms with Gasteiger partial charge in [-0.1, -0.05) is 291 Å². The van der Waals surface area contributed by atoms with E-state index < -0.39 is 97.5 Å². The lowest BCUT2D eigenvalue weighted by Gasteiger charge is -2.21. The van der Waals surface area contributed by atoms with Crippen molar-refractivity contribution in [2.75, 3.05) is 39.6 Å². The molecule has 0 aliphatic carbocycles. The highest BCUT2D eigenvalue weighted by atomic mass is 31.2. The zero-order valence-electron chi connectivity index (χ0n) is 59.5. The van der Waals surface area contributed by atoms with Crippen molar-refractivity contribution >= 4 is 39.5 Å². The summed E-state index contributed by atoms with van der Waals surface area (Å²) in [5.74, 6) is 0.0582. The van der Waals surface area contributed by atoms with Crippen LogP contribution in [-0.4, -0.2) is 96.7 Å². The molecule has 0 radical (unpaired) electrons. The van der Waals surface area contributed by atoms with Gasteiger partial charge in [-0.2, -0.15) is 0 Å². The summed E-state index contributed by atoms with van der Waals surface area (Å²) in [4.78, 5) is 72.6. The summed E-state index contributed by atoms with van der Waals surface area (Å²) < 4.78 is 68.3. The summed E-state index contributed by atoms with van der Waals surface area (Å²) in [6, 6.07) is 0. The SMILES string of the molecule is CCCCCC/C=C\C=C/CCCCCCCC(=O)OC[C@H](COP(=O)(O)OCC(O)COP(=O)(O)OC[C@@H](COC(=O)CCCCCCCCCC(C)C)OC(=O)CCCCCCCCC(C)CC)OC(=O)CCCCCCCCCCCCCCCCC(C)C. The summed E-state index contributed by atoms with van der Waals surface area (Å²) in [5.41, 5.74) is 0. The number of carbonyl (C=O) groups excluding carboxylic acids is 4. The van der Waals surface area contributed by atoms with Crippen molar-refractivity contribution < 1.29 is 80.2 Å². The number of phosphoric ester groups is 2. The topological polar surface area (TPSA) is 237 Å². The van der Waals surface area contributed by atoms with Crippen LogP contribution in [0.2, 0.25) is 0 Å². The van der Waals surface area contributed by atoms with Gasteiger partial charge in [0.1, 0.15) is 19.3 Å². The molecule has 0 aromatic rings. The first kappa shape index (κ1) is 89.5. The van der Waals surface area contributed by atoms with E-state index in [4.69, 9.17) is 37.0 Å². The summed E-state index contributed by atoms with van der Waals surface area (Å²) in [6.07, 6.45) is 50.9. The summed E-state index contributed by atoms with van der Waals surface area (Å²) in [6.45, 7) is 11.7. The molecule has 0 saturated heterocycles. The Balaban J connectivity index is 5.28. The fourth-order valence-corrected chi connectivity index (χ4v) is 12.1. The first-order chi connectivity index (χ1) is 44.3. The maximum absolute atomic E-state index is 13.1. The lowest BCUT2D eigenvalue weighted by molar-refractivity contribution is -0.161. The van der Waals surface area contributed by atoms with Crippen molar-refractivity contribution in [2.24, 2.45) is 17.8 Å². The molecule has 542 valence electrons. The Kier molecular flexibility index (Phi) is 61.6. The summed E-state index contributed by atoms with van der Waals surface area (Å²) in [5, 5.41) is 10.6. The van der Waals surface area contributed by atoms with E-state index in [0.717, 1.165) is 127 Å². The largest absolute Gasteiger partial charge is 0.472 e. The van der Waals surface area contributed by atoms with Gasteiger partial charge in [-0.25, -0.2) is 9.13 Å². The van der Waals surface area contributed by atoms with Crippen molar-refractivity contribution in [3.63, 3.8) is 0 Å². The number of aliphatic hydroxyl groups is 1. The van der Waals surface area contributed by atoms with Gasteiger partial charge in [0.2, 0.25) is 0 Å². The number of rotatable bonds is 69. The van der Waals surface area contributed by atoms with Crippen molar-refractivity contribution in [3.05, 3.63) is 24.3 Å². The van der Waals surface area contributed by atoms with Crippen LogP contribution >= 0.6 is 15.6 Å². The van der Waals surface area contributed by atoms with Crippen LogP contribution < -0.4 is 0 Å². The smallest absolute Gasteiger partial charge is 0.462 e. The van der Waals surface area contributed by atoms with Gasteiger partial charge in [-0.05, 0) is 69.1 Å². The minimum Gasteiger partial charge on any atom is -0.462 e. The van der Waals surface area contributed by atoms with Crippen molar-refractivity contribution in [2.45, 2.75) is 362 Å². The van der Waals surface area contributed by atoms with Gasteiger partial charge in [0.15, 0.2) is 12.2 Å².